The Balaban J connectivity index is 1.95. The number of nitrogens with two attached hydrogens (primary N) is 1. The van der Waals surface area contributed by atoms with E-state index in [1.54, 1.807) is 21.7 Å². The average Bonchev–Trinajstić information content (AvgIpc) is 3.02. The van der Waals surface area contributed by atoms with Gasteiger partial charge in [-0.25, -0.2) is 0 Å². The summed E-state index contributed by atoms with van der Waals surface area (Å²) in [7, 11) is 0. The quantitative estimate of drug-likeness (QED) is 0.501. The second-order valence-electron chi connectivity index (χ2n) is 9.43. The fraction of sp³-hybridized carbons (Fsp3) is 0.560. The van der Waals surface area contributed by atoms with E-state index in [-0.39, 0.29) is 30.3 Å². The van der Waals surface area contributed by atoms with Gasteiger partial charge in [-0.1, -0.05) is 64.3 Å². The normalized spacial score (nSPS) is 22.8. The summed E-state index contributed by atoms with van der Waals surface area (Å²) in [5.74, 6) is -0.148. The largest absolute Gasteiger partial charge is 0.404 e. The van der Waals surface area contributed by atoms with Crippen molar-refractivity contribution in [2.75, 3.05) is 6.54 Å². The van der Waals surface area contributed by atoms with E-state index in [1.165, 1.54) is 19.0 Å². The van der Waals surface area contributed by atoms with Crippen LogP contribution in [-0.2, 0) is 11.3 Å². The van der Waals surface area contributed by atoms with Crippen LogP contribution in [0.2, 0.25) is 0 Å². The van der Waals surface area contributed by atoms with Gasteiger partial charge in [0, 0.05) is 12.6 Å². The van der Waals surface area contributed by atoms with E-state index in [1.807, 2.05) is 32.9 Å². The molecule has 1 aliphatic carbocycles. The first-order valence-corrected chi connectivity index (χ1v) is 11.7. The van der Waals surface area contributed by atoms with Crippen LogP contribution < -0.4 is 11.1 Å². The molecule has 1 saturated carbocycles. The van der Waals surface area contributed by atoms with Gasteiger partial charge >= 0.3 is 0 Å². The number of carbonyl (C=O) groups excluding carboxylic acids is 2. The molecule has 2 heterocycles. The molecule has 0 radical (unpaired) electrons. The fourth-order valence-electron chi connectivity index (χ4n) is 4.49. The predicted octanol–water partition coefficient (Wildman–Crippen LogP) is 3.64. The molecule has 7 nitrogen and oxygen atoms in total. The van der Waals surface area contributed by atoms with Crippen molar-refractivity contribution in [2.45, 2.75) is 83.3 Å². The van der Waals surface area contributed by atoms with Crippen molar-refractivity contribution < 1.29 is 9.59 Å². The van der Waals surface area contributed by atoms with E-state index >= 15 is 0 Å². The van der Waals surface area contributed by atoms with E-state index in [0.717, 1.165) is 37.0 Å². The maximum absolute atomic E-state index is 13.7. The van der Waals surface area contributed by atoms with Crippen molar-refractivity contribution >= 4 is 11.8 Å². The number of allylic oxidation sites excluding steroid dienone is 2. The lowest BCUT2D eigenvalue weighted by Gasteiger charge is -2.44. The van der Waals surface area contributed by atoms with Crippen molar-refractivity contribution in [3.63, 3.8) is 0 Å². The lowest BCUT2D eigenvalue weighted by molar-refractivity contribution is -0.133. The number of rotatable bonds is 7. The summed E-state index contributed by atoms with van der Waals surface area (Å²) in [4.78, 5) is 28.9. The molecule has 1 unspecified atom stereocenters. The Morgan fingerprint density at radius 1 is 1.34 bits per heavy atom. The van der Waals surface area contributed by atoms with Gasteiger partial charge in [0.25, 0.3) is 5.91 Å². The van der Waals surface area contributed by atoms with Gasteiger partial charge in [0.2, 0.25) is 5.91 Å². The smallest absolute Gasteiger partial charge is 0.273 e. The van der Waals surface area contributed by atoms with E-state index in [0.29, 0.717) is 12.2 Å². The number of fused-ring (bicyclic) bond motifs is 1. The number of hydrogen-bond acceptors (Lipinski definition) is 4. The molecule has 2 aliphatic rings. The summed E-state index contributed by atoms with van der Waals surface area (Å²) >= 11 is 0. The number of nitrogens with zero attached hydrogens (tertiary/aromatic N) is 3. The van der Waals surface area contributed by atoms with Gasteiger partial charge in [0.15, 0.2) is 0 Å². The monoisotopic (exact) mass is 439 g/mol. The van der Waals surface area contributed by atoms with Crippen molar-refractivity contribution in [3.05, 3.63) is 54.0 Å². The van der Waals surface area contributed by atoms with Crippen LogP contribution >= 0.6 is 0 Å². The molecular formula is C25H37N5O2. The summed E-state index contributed by atoms with van der Waals surface area (Å²) in [5.41, 5.74) is 6.87. The molecule has 32 heavy (non-hydrogen) atoms. The molecule has 0 spiro atoms. The fourth-order valence-corrected chi connectivity index (χ4v) is 4.49. The molecule has 1 fully saturated rings. The predicted molar refractivity (Wildman–Crippen MR) is 127 cm³/mol. The zero-order valence-electron chi connectivity index (χ0n) is 19.6. The Bertz CT molecular complexity index is 905. The van der Waals surface area contributed by atoms with E-state index in [9.17, 15) is 9.59 Å². The molecule has 7 heteroatoms. The number of hydrogen-bond donors (Lipinski definition) is 2. The Labute approximate surface area is 191 Å². The summed E-state index contributed by atoms with van der Waals surface area (Å²) in [6.07, 6.45) is 13.4. The molecule has 3 N–H and O–H groups in total. The van der Waals surface area contributed by atoms with Crippen LogP contribution in [0.25, 0.3) is 0 Å². The number of carbonyl (C=O) groups is 2. The highest BCUT2D eigenvalue weighted by molar-refractivity contribution is 5.99. The highest BCUT2D eigenvalue weighted by Gasteiger charge is 2.48. The third kappa shape index (κ3) is 4.97. The maximum Gasteiger partial charge on any atom is 0.273 e. The van der Waals surface area contributed by atoms with E-state index < -0.39 is 5.54 Å². The Kier molecular flexibility index (Phi) is 7.59. The number of aromatic nitrogens is 2. The summed E-state index contributed by atoms with van der Waals surface area (Å²) < 4.78 is 1.70. The van der Waals surface area contributed by atoms with Gasteiger partial charge in [0.1, 0.15) is 11.2 Å². The zero-order chi connectivity index (χ0) is 23.3. The SMILES string of the molecule is C=C/C=C\C(=C/N)CN1C(=O)c2cc(C(C)C)nn2CC1(C)C(=O)NC1CCCCCC1. The average molecular weight is 440 g/mol. The molecule has 0 aromatic carbocycles. The molecule has 1 aromatic rings. The van der Waals surface area contributed by atoms with E-state index in [4.69, 9.17) is 5.73 Å². The highest BCUT2D eigenvalue weighted by Crippen LogP contribution is 2.30. The zero-order valence-corrected chi connectivity index (χ0v) is 19.6. The molecule has 0 bridgehead atoms. The minimum atomic E-state index is -1.08. The van der Waals surface area contributed by atoms with Crippen molar-refractivity contribution in [1.82, 2.24) is 20.0 Å². The van der Waals surface area contributed by atoms with Crippen LogP contribution in [0.15, 0.2) is 42.6 Å². The lowest BCUT2D eigenvalue weighted by atomic mass is 9.93. The van der Waals surface area contributed by atoms with Gasteiger partial charge in [-0.15, -0.1) is 0 Å². The topological polar surface area (TPSA) is 93.2 Å². The number of amides is 2. The van der Waals surface area contributed by atoms with Crippen molar-refractivity contribution in [1.29, 1.82) is 0 Å². The first-order chi connectivity index (χ1) is 15.3. The first-order valence-electron chi connectivity index (χ1n) is 11.7. The third-order valence-electron chi connectivity index (χ3n) is 6.59. The molecule has 174 valence electrons. The van der Waals surface area contributed by atoms with Crippen LogP contribution in [-0.4, -0.2) is 44.6 Å². The molecule has 1 aromatic heterocycles. The van der Waals surface area contributed by atoms with Gasteiger partial charge in [0.05, 0.1) is 12.2 Å². The lowest BCUT2D eigenvalue weighted by Crippen LogP contribution is -2.65. The minimum absolute atomic E-state index is 0.130. The van der Waals surface area contributed by atoms with Crippen LogP contribution in [0.3, 0.4) is 0 Å². The molecule has 1 aliphatic heterocycles. The molecule has 2 amide bonds. The third-order valence-corrected chi connectivity index (χ3v) is 6.59. The summed E-state index contributed by atoms with van der Waals surface area (Å²) in [6, 6.07) is 1.99. The molecule has 3 rings (SSSR count). The van der Waals surface area contributed by atoms with Crippen LogP contribution in [0.4, 0.5) is 0 Å². The van der Waals surface area contributed by atoms with Gasteiger partial charge < -0.3 is 16.0 Å². The second kappa shape index (κ2) is 10.2. The van der Waals surface area contributed by atoms with Crippen LogP contribution in [0.5, 0.6) is 0 Å². The number of nitrogens with one attached hydrogen (secondary N) is 1. The van der Waals surface area contributed by atoms with Crippen molar-refractivity contribution in [3.8, 4) is 0 Å². The minimum Gasteiger partial charge on any atom is -0.404 e. The van der Waals surface area contributed by atoms with E-state index in [2.05, 4.69) is 17.0 Å². The standard InChI is InChI=1S/C25H37N5O2/c1-5-6-11-19(15-26)16-29-23(31)22-14-21(18(2)3)28-30(22)17-25(29,4)24(32)27-20-12-9-7-8-10-13-20/h5-6,11,14-15,18,20H,1,7-10,12-13,16-17,26H2,2-4H3,(H,27,32)/b11-6-,19-15+. The first kappa shape index (κ1) is 23.8. The Morgan fingerprint density at radius 3 is 2.62 bits per heavy atom. The highest BCUT2D eigenvalue weighted by atomic mass is 16.2. The molecule has 1 atom stereocenters. The summed E-state index contributed by atoms with van der Waals surface area (Å²) in [5, 5.41) is 7.90. The van der Waals surface area contributed by atoms with Gasteiger partial charge in [-0.3, -0.25) is 14.3 Å². The summed E-state index contributed by atoms with van der Waals surface area (Å²) in [6.45, 7) is 10.2. The van der Waals surface area contributed by atoms with Crippen molar-refractivity contribution in [2.24, 2.45) is 5.73 Å². The molecular weight excluding hydrogens is 402 g/mol. The van der Waals surface area contributed by atoms with Gasteiger partial charge in [-0.2, -0.15) is 5.10 Å². The Hall–Kier alpha value is -2.83. The Morgan fingerprint density at radius 2 is 2.03 bits per heavy atom. The maximum atomic E-state index is 13.7. The second-order valence-corrected chi connectivity index (χ2v) is 9.43. The molecule has 0 saturated heterocycles. The van der Waals surface area contributed by atoms with Crippen LogP contribution in [0, 0.1) is 0 Å². The van der Waals surface area contributed by atoms with Gasteiger partial charge in [-0.05, 0) is 43.5 Å². The van der Waals surface area contributed by atoms with Crippen LogP contribution in [0.1, 0.15) is 81.4 Å².